The standard InChI is InChI=1S/C27H25NO5/c1-31-19-9-8-15-12-20-27(30)13-17-16-4-2-3-5-18(16)32-22(17)24-26(27,21(15)23(19)33-24)10-11-28(20)25(29)14-6-7-14/h2-5,8-9,14,20,24,30H,6-7,10-13H2,1H3/t20-,24+,26+,27-/m1/s1. The predicted octanol–water partition coefficient (Wildman–Crippen LogP) is 3.67. The van der Waals surface area contributed by atoms with E-state index in [4.69, 9.17) is 13.9 Å². The molecular formula is C27H25NO5. The smallest absolute Gasteiger partial charge is 0.226 e. The number of ether oxygens (including phenoxy) is 2. The molecule has 2 bridgehead atoms. The van der Waals surface area contributed by atoms with Gasteiger partial charge in [0.2, 0.25) is 5.91 Å². The highest BCUT2D eigenvalue weighted by Gasteiger charge is 2.74. The number of aliphatic hydroxyl groups is 1. The number of hydrogen-bond donors (Lipinski definition) is 1. The predicted molar refractivity (Wildman–Crippen MR) is 119 cm³/mol. The summed E-state index contributed by atoms with van der Waals surface area (Å²) in [7, 11) is 1.66. The van der Waals surface area contributed by atoms with Gasteiger partial charge < -0.3 is 23.9 Å². The van der Waals surface area contributed by atoms with Crippen molar-refractivity contribution in [2.24, 2.45) is 5.92 Å². The van der Waals surface area contributed by atoms with Crippen LogP contribution in [-0.4, -0.2) is 41.2 Å². The summed E-state index contributed by atoms with van der Waals surface area (Å²) in [6.45, 7) is 0.633. The van der Waals surface area contributed by atoms with Crippen LogP contribution in [-0.2, 0) is 23.1 Å². The number of methoxy groups -OCH3 is 1. The number of amides is 1. The van der Waals surface area contributed by atoms with E-state index in [0.29, 0.717) is 31.6 Å². The van der Waals surface area contributed by atoms with Crippen molar-refractivity contribution in [2.45, 2.75) is 55.3 Å². The summed E-state index contributed by atoms with van der Waals surface area (Å²) in [5, 5.41) is 13.8. The average molecular weight is 443 g/mol. The van der Waals surface area contributed by atoms with Crippen molar-refractivity contribution in [1.82, 2.24) is 4.90 Å². The Bertz CT molecular complexity index is 1370. The van der Waals surface area contributed by atoms with Crippen LogP contribution in [0.25, 0.3) is 11.0 Å². The van der Waals surface area contributed by atoms with E-state index < -0.39 is 17.1 Å². The first-order chi connectivity index (χ1) is 16.1. The topological polar surface area (TPSA) is 72.1 Å². The lowest BCUT2D eigenvalue weighted by Crippen LogP contribution is -2.75. The molecule has 3 aliphatic carbocycles. The molecule has 6 heteroatoms. The Hall–Kier alpha value is -2.99. The molecule has 1 saturated carbocycles. The number of carbonyl (C=O) groups excluding carboxylic acids is 1. The van der Waals surface area contributed by atoms with Crippen LogP contribution < -0.4 is 9.47 Å². The molecule has 3 aromatic rings. The first kappa shape index (κ1) is 18.4. The summed E-state index contributed by atoms with van der Waals surface area (Å²) in [5.41, 5.74) is 2.25. The van der Waals surface area contributed by atoms with E-state index >= 15 is 0 Å². The van der Waals surface area contributed by atoms with Gasteiger partial charge in [0, 0.05) is 35.4 Å². The number of fused-ring (bicyclic) bond motifs is 4. The maximum Gasteiger partial charge on any atom is 0.226 e. The highest BCUT2D eigenvalue weighted by molar-refractivity contribution is 5.85. The Morgan fingerprint density at radius 1 is 1.21 bits per heavy atom. The third-order valence-corrected chi connectivity index (χ3v) is 9.04. The van der Waals surface area contributed by atoms with Crippen molar-refractivity contribution in [3.63, 3.8) is 0 Å². The van der Waals surface area contributed by atoms with Gasteiger partial charge in [0.15, 0.2) is 17.6 Å². The van der Waals surface area contributed by atoms with Gasteiger partial charge in [-0.25, -0.2) is 0 Å². The van der Waals surface area contributed by atoms with Crippen LogP contribution in [0.15, 0.2) is 40.8 Å². The van der Waals surface area contributed by atoms with Crippen LogP contribution in [0.4, 0.5) is 0 Å². The van der Waals surface area contributed by atoms with Gasteiger partial charge in [0.1, 0.15) is 16.9 Å². The summed E-state index contributed by atoms with van der Waals surface area (Å²) in [4.78, 5) is 15.3. The first-order valence-corrected chi connectivity index (χ1v) is 12.0. The van der Waals surface area contributed by atoms with Crippen molar-refractivity contribution in [1.29, 1.82) is 0 Å². The molecule has 0 unspecified atom stereocenters. The molecule has 1 spiro atoms. The fourth-order valence-corrected chi connectivity index (χ4v) is 7.46. The Balaban J connectivity index is 1.43. The van der Waals surface area contributed by atoms with E-state index in [2.05, 4.69) is 12.1 Å². The molecule has 168 valence electrons. The van der Waals surface area contributed by atoms with Crippen LogP contribution in [0, 0.1) is 5.92 Å². The van der Waals surface area contributed by atoms with Crippen LogP contribution in [0.2, 0.25) is 0 Å². The Morgan fingerprint density at radius 3 is 2.88 bits per heavy atom. The monoisotopic (exact) mass is 443 g/mol. The van der Waals surface area contributed by atoms with Crippen molar-refractivity contribution in [2.75, 3.05) is 13.7 Å². The fourth-order valence-electron chi connectivity index (χ4n) is 7.46. The second-order valence-electron chi connectivity index (χ2n) is 10.4. The molecule has 1 saturated heterocycles. The van der Waals surface area contributed by atoms with Gasteiger partial charge in [-0.1, -0.05) is 24.3 Å². The summed E-state index contributed by atoms with van der Waals surface area (Å²) in [5.74, 6) is 2.56. The van der Waals surface area contributed by atoms with Crippen LogP contribution >= 0.6 is 0 Å². The Labute approximate surface area is 191 Å². The molecule has 33 heavy (non-hydrogen) atoms. The Morgan fingerprint density at radius 2 is 2.06 bits per heavy atom. The minimum absolute atomic E-state index is 0.125. The van der Waals surface area contributed by atoms with E-state index in [9.17, 15) is 9.90 Å². The summed E-state index contributed by atoms with van der Waals surface area (Å²) < 4.78 is 18.8. The van der Waals surface area contributed by atoms with E-state index in [1.165, 1.54) is 0 Å². The summed E-state index contributed by atoms with van der Waals surface area (Å²) >= 11 is 0. The van der Waals surface area contributed by atoms with E-state index in [1.54, 1.807) is 7.11 Å². The third kappa shape index (κ3) is 1.96. The highest BCUT2D eigenvalue weighted by atomic mass is 16.5. The molecule has 6 nitrogen and oxygen atoms in total. The van der Waals surface area contributed by atoms with Crippen molar-refractivity contribution in [3.05, 3.63) is 58.8 Å². The molecule has 1 aromatic heterocycles. The molecule has 2 aliphatic heterocycles. The minimum Gasteiger partial charge on any atom is -0.493 e. The van der Waals surface area contributed by atoms with Crippen molar-refractivity contribution >= 4 is 16.9 Å². The number of rotatable bonds is 2. The second kappa shape index (κ2) is 5.73. The summed E-state index contributed by atoms with van der Waals surface area (Å²) in [6, 6.07) is 11.8. The zero-order chi connectivity index (χ0) is 22.1. The van der Waals surface area contributed by atoms with Gasteiger partial charge in [0.05, 0.1) is 18.6 Å². The SMILES string of the molecule is COc1ccc2c3c1O[C@H]1c4oc5ccccc5c4C[C@@]4(O)[C@@H](C2)N(C(=O)C2CC2)CC[C@]314. The zero-order valence-electron chi connectivity index (χ0n) is 18.5. The van der Waals surface area contributed by atoms with Crippen molar-refractivity contribution < 1.29 is 23.8 Å². The number of nitrogens with zero attached hydrogens (tertiary/aromatic N) is 1. The number of likely N-dealkylation sites (tertiary alicyclic amines) is 1. The lowest BCUT2D eigenvalue weighted by Gasteiger charge is -2.62. The zero-order valence-corrected chi connectivity index (χ0v) is 18.5. The van der Waals surface area contributed by atoms with E-state index in [1.807, 2.05) is 29.2 Å². The highest BCUT2D eigenvalue weighted by Crippen LogP contribution is 2.69. The number of hydrogen-bond acceptors (Lipinski definition) is 5. The van der Waals surface area contributed by atoms with E-state index in [0.717, 1.165) is 52.0 Å². The van der Waals surface area contributed by atoms with Crippen LogP contribution in [0.1, 0.15) is 47.8 Å². The van der Waals surface area contributed by atoms with Gasteiger partial charge in [-0.2, -0.15) is 0 Å². The molecule has 1 amide bonds. The molecule has 2 fully saturated rings. The van der Waals surface area contributed by atoms with Crippen molar-refractivity contribution in [3.8, 4) is 11.5 Å². The lowest BCUT2D eigenvalue weighted by molar-refractivity contribution is -0.184. The number of benzene rings is 2. The van der Waals surface area contributed by atoms with Gasteiger partial charge in [0.25, 0.3) is 0 Å². The Kier molecular flexibility index (Phi) is 3.20. The second-order valence-corrected chi connectivity index (χ2v) is 10.4. The summed E-state index contributed by atoms with van der Waals surface area (Å²) in [6.07, 6.45) is 3.22. The van der Waals surface area contributed by atoms with Gasteiger partial charge in [-0.15, -0.1) is 0 Å². The quantitative estimate of drug-likeness (QED) is 0.654. The fraction of sp³-hybridized carbons (Fsp3) is 0.444. The van der Waals surface area contributed by atoms with E-state index in [-0.39, 0.29) is 17.9 Å². The maximum absolute atomic E-state index is 13.3. The molecule has 5 aliphatic rings. The van der Waals surface area contributed by atoms with Crippen LogP contribution in [0.3, 0.4) is 0 Å². The lowest BCUT2D eigenvalue weighted by atomic mass is 9.49. The largest absolute Gasteiger partial charge is 0.493 e. The number of carbonyl (C=O) groups is 1. The molecule has 1 N–H and O–H groups in total. The maximum atomic E-state index is 13.3. The minimum atomic E-state index is -1.13. The normalized spacial score (nSPS) is 32.8. The number of furan rings is 1. The molecular weight excluding hydrogens is 418 g/mol. The molecule has 2 aromatic carbocycles. The molecule has 4 atom stereocenters. The molecule has 0 radical (unpaired) electrons. The molecule has 3 heterocycles. The average Bonchev–Trinajstić information content (AvgIpc) is 3.52. The van der Waals surface area contributed by atoms with Crippen LogP contribution in [0.5, 0.6) is 11.5 Å². The number of para-hydroxylation sites is 1. The van der Waals surface area contributed by atoms with Gasteiger partial charge >= 0.3 is 0 Å². The first-order valence-electron chi connectivity index (χ1n) is 12.0. The van der Waals surface area contributed by atoms with Gasteiger partial charge in [-0.3, -0.25) is 4.79 Å². The van der Waals surface area contributed by atoms with Gasteiger partial charge in [-0.05, 0) is 43.4 Å². The third-order valence-electron chi connectivity index (χ3n) is 9.04. The number of piperidine rings is 1. The molecule has 8 rings (SSSR count).